The molecule has 1 heterocycles. The Morgan fingerprint density at radius 2 is 1.64 bits per heavy atom. The predicted octanol–water partition coefficient (Wildman–Crippen LogP) is 3.57. The number of aromatic amines is 1. The number of nitrogens with zero attached hydrogens (tertiary/aromatic N) is 1. The van der Waals surface area contributed by atoms with E-state index < -0.39 is 0 Å². The number of hydrazine groups is 1. The number of benzene rings is 2. The van der Waals surface area contributed by atoms with Gasteiger partial charge in [0, 0.05) is 11.8 Å². The van der Waals surface area contributed by atoms with Crippen molar-refractivity contribution in [1.29, 1.82) is 0 Å². The van der Waals surface area contributed by atoms with Crippen molar-refractivity contribution in [3.8, 4) is 0 Å². The molecular weight excluding hydrogens is 314 g/mol. The zero-order valence-electron chi connectivity index (χ0n) is 13.9. The van der Waals surface area contributed by atoms with Gasteiger partial charge in [-0.1, -0.05) is 48.5 Å². The normalized spacial score (nSPS) is 10.3. The summed E-state index contributed by atoms with van der Waals surface area (Å²) in [5, 5.41) is 1.78. The van der Waals surface area contributed by atoms with Crippen LogP contribution in [0.2, 0.25) is 0 Å². The van der Waals surface area contributed by atoms with Crippen LogP contribution in [0.15, 0.2) is 72.9 Å². The van der Waals surface area contributed by atoms with Gasteiger partial charge in [-0.3, -0.25) is 20.0 Å². The van der Waals surface area contributed by atoms with Crippen LogP contribution in [0.3, 0.4) is 0 Å². The van der Waals surface area contributed by atoms with Gasteiger partial charge >= 0.3 is 0 Å². The molecule has 3 rings (SSSR count). The Morgan fingerprint density at radius 1 is 1.00 bits per heavy atom. The van der Waals surface area contributed by atoms with E-state index in [1.165, 1.54) is 6.92 Å². The lowest BCUT2D eigenvalue weighted by Gasteiger charge is -2.25. The van der Waals surface area contributed by atoms with Gasteiger partial charge in [-0.2, -0.15) is 0 Å². The first-order valence-electron chi connectivity index (χ1n) is 8.00. The molecule has 2 aromatic carbocycles. The van der Waals surface area contributed by atoms with Crippen LogP contribution in [-0.4, -0.2) is 16.7 Å². The van der Waals surface area contributed by atoms with Crippen molar-refractivity contribution >= 4 is 17.4 Å². The molecule has 0 unspecified atom stereocenters. The van der Waals surface area contributed by atoms with Crippen molar-refractivity contribution < 1.29 is 9.59 Å². The SMILES string of the molecule is CC(=O)c1c[nH]c(C(=O)NN(Cc2ccccc2)c2ccccc2)c1. The Hall–Kier alpha value is -3.34. The van der Waals surface area contributed by atoms with Crippen LogP contribution in [0, 0.1) is 0 Å². The van der Waals surface area contributed by atoms with Crippen LogP contribution in [0.1, 0.15) is 33.3 Å². The Morgan fingerprint density at radius 3 is 2.24 bits per heavy atom. The van der Waals surface area contributed by atoms with E-state index in [0.29, 0.717) is 17.8 Å². The second-order valence-corrected chi connectivity index (χ2v) is 5.71. The van der Waals surface area contributed by atoms with Crippen LogP contribution in [0.5, 0.6) is 0 Å². The first-order valence-corrected chi connectivity index (χ1v) is 8.00. The quantitative estimate of drug-likeness (QED) is 0.535. The molecule has 0 saturated carbocycles. The summed E-state index contributed by atoms with van der Waals surface area (Å²) < 4.78 is 0. The molecule has 0 radical (unpaired) electrons. The van der Waals surface area contributed by atoms with Gasteiger partial charge in [0.15, 0.2) is 5.78 Å². The van der Waals surface area contributed by atoms with Crippen molar-refractivity contribution in [2.24, 2.45) is 0 Å². The van der Waals surface area contributed by atoms with Gasteiger partial charge in [0.05, 0.1) is 12.2 Å². The fourth-order valence-electron chi connectivity index (χ4n) is 2.48. The number of rotatable bonds is 6. The van der Waals surface area contributed by atoms with Gasteiger partial charge in [-0.05, 0) is 30.7 Å². The minimum absolute atomic E-state index is 0.0838. The smallest absolute Gasteiger partial charge is 0.286 e. The summed E-state index contributed by atoms with van der Waals surface area (Å²) in [4.78, 5) is 26.8. The molecule has 1 aromatic heterocycles. The van der Waals surface area contributed by atoms with Crippen LogP contribution >= 0.6 is 0 Å². The van der Waals surface area contributed by atoms with Gasteiger partial charge < -0.3 is 4.98 Å². The lowest BCUT2D eigenvalue weighted by molar-refractivity contribution is 0.0943. The van der Waals surface area contributed by atoms with Crippen molar-refractivity contribution in [1.82, 2.24) is 10.4 Å². The minimum atomic E-state index is -0.299. The summed E-state index contributed by atoms with van der Waals surface area (Å²) in [6, 6.07) is 21.1. The van der Waals surface area contributed by atoms with E-state index in [0.717, 1.165) is 11.3 Å². The number of nitrogens with one attached hydrogen (secondary N) is 2. The molecule has 0 atom stereocenters. The number of carbonyl (C=O) groups is 2. The number of H-pyrrole nitrogens is 1. The van der Waals surface area contributed by atoms with Gasteiger partial charge in [-0.15, -0.1) is 0 Å². The standard InChI is InChI=1S/C20H19N3O2/c1-15(24)17-12-19(21-13-17)20(25)22-23(18-10-6-3-7-11-18)14-16-8-4-2-5-9-16/h2-13,21H,14H2,1H3,(H,22,25). The number of aromatic nitrogens is 1. The summed E-state index contributed by atoms with van der Waals surface area (Å²) in [7, 11) is 0. The van der Waals surface area contributed by atoms with Gasteiger partial charge in [-0.25, -0.2) is 0 Å². The molecule has 126 valence electrons. The molecule has 0 spiro atoms. The highest BCUT2D eigenvalue weighted by Gasteiger charge is 2.15. The first kappa shape index (κ1) is 16.5. The van der Waals surface area contributed by atoms with Gasteiger partial charge in [0.25, 0.3) is 5.91 Å². The highest BCUT2D eigenvalue weighted by Crippen LogP contribution is 2.15. The maximum atomic E-state index is 12.6. The van der Waals surface area contributed by atoms with E-state index in [1.807, 2.05) is 60.7 Å². The number of hydrogen-bond donors (Lipinski definition) is 2. The molecule has 25 heavy (non-hydrogen) atoms. The van der Waals surface area contributed by atoms with Gasteiger partial charge in [0.2, 0.25) is 0 Å². The van der Waals surface area contributed by atoms with Crippen LogP contribution in [-0.2, 0) is 6.54 Å². The molecule has 2 N–H and O–H groups in total. The Balaban J connectivity index is 1.81. The van der Waals surface area contributed by atoms with Crippen molar-refractivity contribution in [3.05, 3.63) is 89.7 Å². The van der Waals surface area contributed by atoms with E-state index in [-0.39, 0.29) is 11.7 Å². The Labute approximate surface area is 146 Å². The Kier molecular flexibility index (Phi) is 4.95. The number of para-hydroxylation sites is 1. The topological polar surface area (TPSA) is 65.2 Å². The zero-order chi connectivity index (χ0) is 17.6. The summed E-state index contributed by atoms with van der Waals surface area (Å²) in [5.74, 6) is -0.383. The number of anilines is 1. The maximum Gasteiger partial charge on any atom is 0.286 e. The number of ketones is 1. The summed E-state index contributed by atoms with van der Waals surface area (Å²) in [6.07, 6.45) is 1.54. The van der Waals surface area contributed by atoms with E-state index in [1.54, 1.807) is 17.3 Å². The highest BCUT2D eigenvalue weighted by molar-refractivity contribution is 5.99. The number of Topliss-reactive ketones (excluding diaryl/α,β-unsaturated/α-hetero) is 1. The number of hydrogen-bond acceptors (Lipinski definition) is 3. The van der Waals surface area contributed by atoms with E-state index in [9.17, 15) is 9.59 Å². The Bertz CT molecular complexity index is 857. The first-order chi connectivity index (χ1) is 12.1. The zero-order valence-corrected chi connectivity index (χ0v) is 13.9. The maximum absolute atomic E-state index is 12.6. The molecule has 0 bridgehead atoms. The van der Waals surface area contributed by atoms with Crippen LogP contribution in [0.25, 0.3) is 0 Å². The third-order valence-corrected chi connectivity index (χ3v) is 3.82. The second-order valence-electron chi connectivity index (χ2n) is 5.71. The average Bonchev–Trinajstić information content (AvgIpc) is 3.13. The van der Waals surface area contributed by atoms with E-state index >= 15 is 0 Å². The minimum Gasteiger partial charge on any atom is -0.356 e. The van der Waals surface area contributed by atoms with Crippen molar-refractivity contribution in [3.63, 3.8) is 0 Å². The molecule has 5 nitrogen and oxygen atoms in total. The third-order valence-electron chi connectivity index (χ3n) is 3.82. The second kappa shape index (κ2) is 7.49. The van der Waals surface area contributed by atoms with Crippen molar-refractivity contribution in [2.75, 3.05) is 5.01 Å². The molecule has 0 fully saturated rings. The highest BCUT2D eigenvalue weighted by atomic mass is 16.2. The molecule has 3 aromatic rings. The van der Waals surface area contributed by atoms with Crippen LogP contribution in [0.4, 0.5) is 5.69 Å². The molecule has 0 aliphatic rings. The summed E-state index contributed by atoms with van der Waals surface area (Å²) in [5.41, 5.74) is 5.68. The molecule has 5 heteroatoms. The lowest BCUT2D eigenvalue weighted by Crippen LogP contribution is -2.42. The molecule has 0 aliphatic heterocycles. The van der Waals surface area contributed by atoms with E-state index in [4.69, 9.17) is 0 Å². The monoisotopic (exact) mass is 333 g/mol. The third kappa shape index (κ3) is 4.14. The lowest BCUT2D eigenvalue weighted by atomic mass is 10.2. The van der Waals surface area contributed by atoms with Gasteiger partial charge in [0.1, 0.15) is 5.69 Å². The van der Waals surface area contributed by atoms with E-state index in [2.05, 4.69) is 10.4 Å². The molecular formula is C20H19N3O2. The number of amides is 1. The predicted molar refractivity (Wildman–Crippen MR) is 97.3 cm³/mol. The number of carbonyl (C=O) groups excluding carboxylic acids is 2. The summed E-state index contributed by atoms with van der Waals surface area (Å²) >= 11 is 0. The molecule has 0 aliphatic carbocycles. The largest absolute Gasteiger partial charge is 0.356 e. The average molecular weight is 333 g/mol. The van der Waals surface area contributed by atoms with Crippen LogP contribution < -0.4 is 10.4 Å². The molecule has 0 saturated heterocycles. The fourth-order valence-corrected chi connectivity index (χ4v) is 2.48. The van der Waals surface area contributed by atoms with Crippen molar-refractivity contribution in [2.45, 2.75) is 13.5 Å². The fraction of sp³-hybridized carbons (Fsp3) is 0.100. The summed E-state index contributed by atoms with van der Waals surface area (Å²) in [6.45, 7) is 1.99. The molecule has 1 amide bonds.